The van der Waals surface area contributed by atoms with Gasteiger partial charge in [-0.25, -0.2) is 4.79 Å². The van der Waals surface area contributed by atoms with Gasteiger partial charge in [-0.05, 0) is 24.1 Å². The Labute approximate surface area is 109 Å². The van der Waals surface area contributed by atoms with Gasteiger partial charge in [0.2, 0.25) is 5.91 Å². The van der Waals surface area contributed by atoms with Gasteiger partial charge in [-0.1, -0.05) is 6.07 Å². The summed E-state index contributed by atoms with van der Waals surface area (Å²) in [5.74, 6) is -0.275. The number of thiol groups is 1. The molecule has 6 heteroatoms. The molecule has 0 saturated heterocycles. The van der Waals surface area contributed by atoms with E-state index in [1.807, 2.05) is 18.2 Å². The first-order valence-corrected chi connectivity index (χ1v) is 6.21. The highest BCUT2D eigenvalue weighted by atomic mass is 32.1. The quantitative estimate of drug-likeness (QED) is 0.802. The average Bonchev–Trinajstić information content (AvgIpc) is 2.64. The van der Waals surface area contributed by atoms with E-state index < -0.39 is 0 Å². The van der Waals surface area contributed by atoms with E-state index in [-0.39, 0.29) is 17.4 Å². The summed E-state index contributed by atoms with van der Waals surface area (Å²) in [7, 11) is 1.67. The third-order valence-electron chi connectivity index (χ3n) is 2.74. The second kappa shape index (κ2) is 5.30. The molecule has 5 nitrogen and oxygen atoms in total. The molecule has 2 rings (SSSR count). The highest BCUT2D eigenvalue weighted by molar-refractivity contribution is 7.81. The smallest absolute Gasteiger partial charge is 0.408 e. The molecule has 0 radical (unpaired) electrons. The SMILES string of the molecule is Cn1c(=O)oc2cc(CCNC(=O)CS)ccc21. The fourth-order valence-corrected chi connectivity index (χ4v) is 1.85. The van der Waals surface area contributed by atoms with Crippen LogP contribution in [0.4, 0.5) is 0 Å². The van der Waals surface area contributed by atoms with E-state index in [0.717, 1.165) is 11.1 Å². The van der Waals surface area contributed by atoms with Crippen molar-refractivity contribution in [2.45, 2.75) is 6.42 Å². The van der Waals surface area contributed by atoms with Crippen molar-refractivity contribution in [1.29, 1.82) is 0 Å². The Hall–Kier alpha value is -1.69. The maximum absolute atomic E-state index is 11.3. The first-order chi connectivity index (χ1) is 8.61. The molecule has 0 aliphatic rings. The zero-order valence-corrected chi connectivity index (χ0v) is 10.9. The number of amides is 1. The number of nitrogens with zero attached hydrogens (tertiary/aromatic N) is 1. The molecule has 0 fully saturated rings. The van der Waals surface area contributed by atoms with Crippen molar-refractivity contribution < 1.29 is 9.21 Å². The van der Waals surface area contributed by atoms with Crippen molar-refractivity contribution >= 4 is 29.6 Å². The molecule has 1 amide bonds. The average molecular weight is 266 g/mol. The van der Waals surface area contributed by atoms with Crippen molar-refractivity contribution in [1.82, 2.24) is 9.88 Å². The fourth-order valence-electron chi connectivity index (χ4n) is 1.74. The van der Waals surface area contributed by atoms with E-state index in [9.17, 15) is 9.59 Å². The number of carbonyl (C=O) groups is 1. The maximum Gasteiger partial charge on any atom is 0.419 e. The second-order valence-electron chi connectivity index (χ2n) is 3.99. The van der Waals surface area contributed by atoms with Gasteiger partial charge in [-0.2, -0.15) is 12.6 Å². The molecule has 1 aromatic carbocycles. The van der Waals surface area contributed by atoms with Crippen LogP contribution in [0.3, 0.4) is 0 Å². The minimum absolute atomic E-state index is 0.0920. The zero-order chi connectivity index (χ0) is 13.1. The largest absolute Gasteiger partial charge is 0.419 e. The van der Waals surface area contributed by atoms with Crippen LogP contribution < -0.4 is 11.1 Å². The summed E-state index contributed by atoms with van der Waals surface area (Å²) in [6.45, 7) is 0.544. The Morgan fingerprint density at radius 3 is 3.00 bits per heavy atom. The van der Waals surface area contributed by atoms with Gasteiger partial charge in [0.1, 0.15) is 0 Å². The number of carbonyl (C=O) groups excluding carboxylic acids is 1. The van der Waals surface area contributed by atoms with Crippen LogP contribution in [0.2, 0.25) is 0 Å². The molecule has 0 spiro atoms. The number of aryl methyl sites for hydroxylation is 1. The number of aromatic nitrogens is 1. The van der Waals surface area contributed by atoms with Crippen LogP contribution in [-0.2, 0) is 18.3 Å². The molecule has 0 aliphatic heterocycles. The minimum Gasteiger partial charge on any atom is -0.408 e. The predicted octanol–water partition coefficient (Wildman–Crippen LogP) is 0.720. The topological polar surface area (TPSA) is 64.2 Å². The number of nitrogens with one attached hydrogen (secondary N) is 1. The van der Waals surface area contributed by atoms with Gasteiger partial charge >= 0.3 is 5.76 Å². The maximum atomic E-state index is 11.3. The molecule has 2 aromatic rings. The predicted molar refractivity (Wildman–Crippen MR) is 72.0 cm³/mol. The van der Waals surface area contributed by atoms with Gasteiger partial charge in [0.05, 0.1) is 11.3 Å². The van der Waals surface area contributed by atoms with Gasteiger partial charge in [0.15, 0.2) is 5.58 Å². The van der Waals surface area contributed by atoms with E-state index in [2.05, 4.69) is 17.9 Å². The number of rotatable bonds is 4. The van der Waals surface area contributed by atoms with Crippen LogP contribution in [0.1, 0.15) is 5.56 Å². The summed E-state index contributed by atoms with van der Waals surface area (Å²) < 4.78 is 6.56. The Kier molecular flexibility index (Phi) is 3.76. The van der Waals surface area contributed by atoms with Crippen LogP contribution in [0.15, 0.2) is 27.4 Å². The molecule has 0 atom stereocenters. The van der Waals surface area contributed by atoms with Crippen LogP contribution in [0.5, 0.6) is 0 Å². The summed E-state index contributed by atoms with van der Waals surface area (Å²) in [5, 5.41) is 2.73. The lowest BCUT2D eigenvalue weighted by atomic mass is 10.1. The number of hydrogen-bond acceptors (Lipinski definition) is 4. The molecule has 18 heavy (non-hydrogen) atoms. The van der Waals surface area contributed by atoms with E-state index in [0.29, 0.717) is 18.5 Å². The molecular weight excluding hydrogens is 252 g/mol. The zero-order valence-electron chi connectivity index (χ0n) is 9.97. The Morgan fingerprint density at radius 2 is 2.28 bits per heavy atom. The first-order valence-electron chi connectivity index (χ1n) is 5.58. The summed E-state index contributed by atoms with van der Waals surface area (Å²) in [4.78, 5) is 22.3. The van der Waals surface area contributed by atoms with E-state index >= 15 is 0 Å². The third-order valence-corrected chi connectivity index (χ3v) is 3.02. The molecule has 0 unspecified atom stereocenters. The Morgan fingerprint density at radius 1 is 1.50 bits per heavy atom. The minimum atomic E-state index is -0.370. The number of hydrogen-bond donors (Lipinski definition) is 2. The fraction of sp³-hybridized carbons (Fsp3) is 0.333. The van der Waals surface area contributed by atoms with Gasteiger partial charge in [0, 0.05) is 13.6 Å². The lowest BCUT2D eigenvalue weighted by Gasteiger charge is -2.03. The van der Waals surface area contributed by atoms with Crippen LogP contribution in [0, 0.1) is 0 Å². The first kappa shape index (κ1) is 12.8. The molecule has 1 aromatic heterocycles. The Bertz CT molecular complexity index is 630. The molecule has 96 valence electrons. The van der Waals surface area contributed by atoms with Crippen molar-refractivity contribution in [2.24, 2.45) is 7.05 Å². The summed E-state index contributed by atoms with van der Waals surface area (Å²) in [6, 6.07) is 5.59. The van der Waals surface area contributed by atoms with Gasteiger partial charge in [0.25, 0.3) is 0 Å². The molecule has 0 saturated carbocycles. The third kappa shape index (κ3) is 2.59. The van der Waals surface area contributed by atoms with Gasteiger partial charge in [-0.15, -0.1) is 0 Å². The highest BCUT2D eigenvalue weighted by Gasteiger charge is 2.06. The van der Waals surface area contributed by atoms with Gasteiger partial charge < -0.3 is 9.73 Å². The molecular formula is C12H14N2O3S. The van der Waals surface area contributed by atoms with Crippen LogP contribution in [-0.4, -0.2) is 22.8 Å². The van der Waals surface area contributed by atoms with E-state index in [1.54, 1.807) is 7.05 Å². The number of benzene rings is 1. The van der Waals surface area contributed by atoms with E-state index in [4.69, 9.17) is 4.42 Å². The van der Waals surface area contributed by atoms with Gasteiger partial charge in [-0.3, -0.25) is 9.36 Å². The standard InChI is InChI=1S/C12H14N2O3S/c1-14-9-3-2-8(4-5-13-11(15)7-18)6-10(9)17-12(14)16/h2-3,6,18H,4-5,7H2,1H3,(H,13,15). The highest BCUT2D eigenvalue weighted by Crippen LogP contribution is 2.14. The van der Waals surface area contributed by atoms with E-state index in [1.165, 1.54) is 4.57 Å². The second-order valence-corrected chi connectivity index (χ2v) is 4.30. The van der Waals surface area contributed by atoms with Crippen LogP contribution >= 0.6 is 12.6 Å². The van der Waals surface area contributed by atoms with Crippen molar-refractivity contribution in [3.63, 3.8) is 0 Å². The molecule has 0 aliphatic carbocycles. The van der Waals surface area contributed by atoms with Crippen molar-refractivity contribution in [2.75, 3.05) is 12.3 Å². The Balaban J connectivity index is 2.11. The summed E-state index contributed by atoms with van der Waals surface area (Å²) >= 11 is 3.87. The molecule has 1 N–H and O–H groups in total. The normalized spacial score (nSPS) is 10.8. The molecule has 0 bridgehead atoms. The summed E-state index contributed by atoms with van der Waals surface area (Å²) in [5.41, 5.74) is 2.35. The monoisotopic (exact) mass is 266 g/mol. The lowest BCUT2D eigenvalue weighted by molar-refractivity contribution is -0.118. The lowest BCUT2D eigenvalue weighted by Crippen LogP contribution is -2.26. The van der Waals surface area contributed by atoms with Crippen molar-refractivity contribution in [3.8, 4) is 0 Å². The van der Waals surface area contributed by atoms with Crippen LogP contribution in [0.25, 0.3) is 11.1 Å². The molecule has 1 heterocycles. The summed E-state index contributed by atoms with van der Waals surface area (Å²) in [6.07, 6.45) is 0.689. The van der Waals surface area contributed by atoms with Crippen molar-refractivity contribution in [3.05, 3.63) is 34.3 Å². The number of oxazole rings is 1. The number of fused-ring (bicyclic) bond motifs is 1.